The van der Waals surface area contributed by atoms with Gasteiger partial charge in [0.25, 0.3) is 0 Å². The van der Waals surface area contributed by atoms with Crippen molar-refractivity contribution < 1.29 is 4.79 Å². The van der Waals surface area contributed by atoms with Gasteiger partial charge in [-0.3, -0.25) is 9.69 Å². The van der Waals surface area contributed by atoms with Gasteiger partial charge in [0.15, 0.2) is 5.78 Å². The van der Waals surface area contributed by atoms with Crippen molar-refractivity contribution in [3.05, 3.63) is 0 Å². The molecular weight excluding hydrogens is 186 g/mol. The Morgan fingerprint density at radius 1 is 1.40 bits per heavy atom. The summed E-state index contributed by atoms with van der Waals surface area (Å²) < 4.78 is 0. The van der Waals surface area contributed by atoms with E-state index >= 15 is 0 Å². The van der Waals surface area contributed by atoms with Gasteiger partial charge in [-0.05, 0) is 33.4 Å². The number of carbonyl (C=O) groups excluding carboxylic acids is 1. The van der Waals surface area contributed by atoms with Gasteiger partial charge < -0.3 is 0 Å². The van der Waals surface area contributed by atoms with Crippen LogP contribution in [-0.2, 0) is 4.79 Å². The van der Waals surface area contributed by atoms with Crippen molar-refractivity contribution in [2.75, 3.05) is 14.1 Å². The fourth-order valence-electron chi connectivity index (χ4n) is 2.52. The summed E-state index contributed by atoms with van der Waals surface area (Å²) in [4.78, 5) is 14.3. The minimum absolute atomic E-state index is 0.172. The fraction of sp³-hybridized carbons (Fsp3) is 0.769. The van der Waals surface area contributed by atoms with E-state index in [1.165, 1.54) is 12.8 Å². The predicted molar refractivity (Wildman–Crippen MR) is 62.6 cm³/mol. The number of terminal acetylenes is 1. The van der Waals surface area contributed by atoms with E-state index in [2.05, 4.69) is 10.8 Å². The van der Waals surface area contributed by atoms with Crippen molar-refractivity contribution in [2.24, 2.45) is 0 Å². The van der Waals surface area contributed by atoms with Crippen LogP contribution in [0, 0.1) is 12.3 Å². The van der Waals surface area contributed by atoms with Gasteiger partial charge in [0.05, 0.1) is 5.54 Å². The van der Waals surface area contributed by atoms with Crippen molar-refractivity contribution in [2.45, 2.75) is 50.5 Å². The molecule has 1 aliphatic rings. The molecule has 15 heavy (non-hydrogen) atoms. The molecule has 1 saturated carbocycles. The van der Waals surface area contributed by atoms with E-state index in [4.69, 9.17) is 6.42 Å². The van der Waals surface area contributed by atoms with Crippen LogP contribution in [0.2, 0.25) is 0 Å². The molecule has 0 amide bonds. The molecule has 0 N–H and O–H groups in total. The minimum Gasteiger partial charge on any atom is -0.298 e. The molecule has 0 atom stereocenters. The molecule has 2 nitrogen and oxygen atoms in total. The quantitative estimate of drug-likeness (QED) is 0.509. The lowest BCUT2D eigenvalue weighted by Crippen LogP contribution is -2.48. The molecule has 2 heteroatoms. The van der Waals surface area contributed by atoms with Crippen LogP contribution in [-0.4, -0.2) is 30.3 Å². The number of unbranched alkanes of at least 4 members (excludes halogenated alkanes) is 1. The van der Waals surface area contributed by atoms with Crippen molar-refractivity contribution in [3.63, 3.8) is 0 Å². The van der Waals surface area contributed by atoms with Gasteiger partial charge >= 0.3 is 0 Å². The Bertz CT molecular complexity index is 256. The number of nitrogens with zero attached hydrogens (tertiary/aromatic N) is 1. The van der Waals surface area contributed by atoms with E-state index in [0.717, 1.165) is 25.7 Å². The first kappa shape index (κ1) is 12.3. The molecule has 0 aromatic heterocycles. The molecule has 0 bridgehead atoms. The lowest BCUT2D eigenvalue weighted by atomic mass is 9.88. The van der Waals surface area contributed by atoms with E-state index in [9.17, 15) is 4.79 Å². The van der Waals surface area contributed by atoms with Gasteiger partial charge in [-0.25, -0.2) is 0 Å². The Morgan fingerprint density at radius 2 is 2.00 bits per heavy atom. The number of likely N-dealkylation sites (N-methyl/N-ethyl adjacent to an activating group) is 1. The highest BCUT2D eigenvalue weighted by Crippen LogP contribution is 2.35. The molecule has 0 aromatic rings. The zero-order valence-corrected chi connectivity index (χ0v) is 9.88. The van der Waals surface area contributed by atoms with Gasteiger partial charge in [-0.2, -0.15) is 0 Å². The fourth-order valence-corrected chi connectivity index (χ4v) is 2.52. The molecule has 0 aromatic carbocycles. The summed E-state index contributed by atoms with van der Waals surface area (Å²) in [5.41, 5.74) is -0.172. The summed E-state index contributed by atoms with van der Waals surface area (Å²) in [6.45, 7) is 0. The largest absolute Gasteiger partial charge is 0.298 e. The molecule has 84 valence electrons. The van der Waals surface area contributed by atoms with Crippen LogP contribution >= 0.6 is 0 Å². The summed E-state index contributed by atoms with van der Waals surface area (Å²) in [6, 6.07) is 0. The molecular formula is C13H21NO. The smallest absolute Gasteiger partial charge is 0.153 e. The SMILES string of the molecule is C#CCCCC(=O)C1(N(C)C)CCCC1. The first-order valence-corrected chi connectivity index (χ1v) is 5.78. The van der Waals surface area contributed by atoms with E-state index in [-0.39, 0.29) is 5.54 Å². The number of Topliss-reactive ketones (excluding diaryl/α,β-unsaturated/α-hetero) is 1. The molecule has 0 spiro atoms. The number of hydrogen-bond acceptors (Lipinski definition) is 2. The van der Waals surface area contributed by atoms with E-state index < -0.39 is 0 Å². The van der Waals surface area contributed by atoms with Crippen molar-refractivity contribution in [1.29, 1.82) is 0 Å². The van der Waals surface area contributed by atoms with Crippen molar-refractivity contribution >= 4 is 5.78 Å². The topological polar surface area (TPSA) is 20.3 Å². The van der Waals surface area contributed by atoms with Crippen LogP contribution in [0.5, 0.6) is 0 Å². The Kier molecular flexibility index (Phi) is 4.35. The summed E-state index contributed by atoms with van der Waals surface area (Å²) >= 11 is 0. The molecule has 1 rings (SSSR count). The lowest BCUT2D eigenvalue weighted by Gasteiger charge is -2.34. The summed E-state index contributed by atoms with van der Waals surface area (Å²) in [6.07, 6.45) is 11.8. The Labute approximate surface area is 93.0 Å². The minimum atomic E-state index is -0.172. The summed E-state index contributed by atoms with van der Waals surface area (Å²) in [5, 5.41) is 0. The first-order valence-electron chi connectivity index (χ1n) is 5.78. The van der Waals surface area contributed by atoms with Crippen LogP contribution in [0.1, 0.15) is 44.9 Å². The number of rotatable bonds is 5. The van der Waals surface area contributed by atoms with Gasteiger partial charge in [0.1, 0.15) is 0 Å². The normalized spacial score (nSPS) is 19.1. The van der Waals surface area contributed by atoms with Gasteiger partial charge in [0, 0.05) is 12.8 Å². The predicted octanol–water partition coefficient (Wildman–Crippen LogP) is 2.23. The summed E-state index contributed by atoms with van der Waals surface area (Å²) in [5.74, 6) is 2.98. The highest BCUT2D eigenvalue weighted by atomic mass is 16.1. The third kappa shape index (κ3) is 2.60. The van der Waals surface area contributed by atoms with Crippen molar-refractivity contribution in [3.8, 4) is 12.3 Å². The van der Waals surface area contributed by atoms with Crippen LogP contribution in [0.3, 0.4) is 0 Å². The standard InChI is InChI=1S/C13H21NO/c1-4-5-6-9-12(15)13(14(2)3)10-7-8-11-13/h1H,5-11H2,2-3H3. The maximum Gasteiger partial charge on any atom is 0.153 e. The molecule has 0 radical (unpaired) electrons. The van der Waals surface area contributed by atoms with E-state index in [0.29, 0.717) is 12.2 Å². The van der Waals surface area contributed by atoms with E-state index in [1.807, 2.05) is 14.1 Å². The van der Waals surface area contributed by atoms with Crippen LogP contribution in [0.25, 0.3) is 0 Å². The molecule has 1 aliphatic carbocycles. The van der Waals surface area contributed by atoms with E-state index in [1.54, 1.807) is 0 Å². The molecule has 0 heterocycles. The second kappa shape index (κ2) is 5.32. The number of hydrogen-bond donors (Lipinski definition) is 0. The van der Waals surface area contributed by atoms with Crippen LogP contribution in [0.15, 0.2) is 0 Å². The lowest BCUT2D eigenvalue weighted by molar-refractivity contribution is -0.129. The van der Waals surface area contributed by atoms with Gasteiger partial charge in [-0.15, -0.1) is 12.3 Å². The zero-order valence-electron chi connectivity index (χ0n) is 9.88. The third-order valence-corrected chi connectivity index (χ3v) is 3.53. The highest BCUT2D eigenvalue weighted by Gasteiger charge is 2.41. The Balaban J connectivity index is 2.57. The van der Waals surface area contributed by atoms with Gasteiger partial charge in [0.2, 0.25) is 0 Å². The first-order chi connectivity index (χ1) is 7.13. The highest BCUT2D eigenvalue weighted by molar-refractivity contribution is 5.88. The molecule has 0 unspecified atom stereocenters. The van der Waals surface area contributed by atoms with Crippen LogP contribution < -0.4 is 0 Å². The van der Waals surface area contributed by atoms with Gasteiger partial charge in [-0.1, -0.05) is 12.8 Å². The zero-order chi connectivity index (χ0) is 11.3. The number of carbonyl (C=O) groups is 1. The number of ketones is 1. The molecule has 1 fully saturated rings. The summed E-state index contributed by atoms with van der Waals surface area (Å²) in [7, 11) is 4.04. The second-order valence-corrected chi connectivity index (χ2v) is 4.61. The maximum atomic E-state index is 12.2. The monoisotopic (exact) mass is 207 g/mol. The molecule has 0 aliphatic heterocycles. The second-order valence-electron chi connectivity index (χ2n) is 4.61. The third-order valence-electron chi connectivity index (χ3n) is 3.53. The van der Waals surface area contributed by atoms with Crippen LogP contribution in [0.4, 0.5) is 0 Å². The average molecular weight is 207 g/mol. The Hall–Kier alpha value is -0.810. The molecule has 0 saturated heterocycles. The van der Waals surface area contributed by atoms with Crippen molar-refractivity contribution in [1.82, 2.24) is 4.90 Å². The Morgan fingerprint density at radius 3 is 2.47 bits per heavy atom. The average Bonchev–Trinajstić information content (AvgIpc) is 2.67. The maximum absolute atomic E-state index is 12.2.